The van der Waals surface area contributed by atoms with Gasteiger partial charge in [-0.2, -0.15) is 0 Å². The zero-order valence-electron chi connectivity index (χ0n) is 6.99. The van der Waals surface area contributed by atoms with Crippen molar-refractivity contribution >= 4 is 0 Å². The van der Waals surface area contributed by atoms with E-state index in [1.807, 2.05) is 31.2 Å². The van der Waals surface area contributed by atoms with Crippen LogP contribution in [0.4, 0.5) is 0 Å². The fourth-order valence-corrected chi connectivity index (χ4v) is 0.907. The number of benzene rings is 1. The zero-order chi connectivity index (χ0) is 8.81. The molecule has 0 aliphatic heterocycles. The van der Waals surface area contributed by atoms with Crippen LogP contribution in [0.2, 0.25) is 0 Å². The van der Waals surface area contributed by atoms with Gasteiger partial charge < -0.3 is 4.74 Å². The molecule has 1 rings (SSSR count). The standard InChI is InChI=1S/C9H12O3/c1-8-4-2-3-5-9(8)11-6-7-12-10/h2-5,10H,6-7H2,1H3. The average molecular weight is 168 g/mol. The quantitative estimate of drug-likeness (QED) is 0.423. The van der Waals surface area contributed by atoms with Gasteiger partial charge >= 0.3 is 0 Å². The molecule has 0 aliphatic rings. The van der Waals surface area contributed by atoms with Crippen LogP contribution in [0.1, 0.15) is 5.56 Å². The molecule has 0 fully saturated rings. The lowest BCUT2D eigenvalue weighted by Gasteiger charge is -2.06. The first-order chi connectivity index (χ1) is 5.84. The van der Waals surface area contributed by atoms with Crippen LogP contribution < -0.4 is 4.74 Å². The maximum atomic E-state index is 8.03. The molecule has 0 aromatic heterocycles. The Morgan fingerprint density at radius 3 is 2.67 bits per heavy atom. The lowest BCUT2D eigenvalue weighted by Crippen LogP contribution is -2.05. The van der Waals surface area contributed by atoms with Crippen molar-refractivity contribution in [2.45, 2.75) is 6.92 Å². The molecular weight excluding hydrogens is 156 g/mol. The summed E-state index contributed by atoms with van der Waals surface area (Å²) in [6, 6.07) is 7.70. The van der Waals surface area contributed by atoms with Gasteiger partial charge in [0.05, 0.1) is 0 Å². The van der Waals surface area contributed by atoms with Gasteiger partial charge in [-0.05, 0) is 18.6 Å². The summed E-state index contributed by atoms with van der Waals surface area (Å²) in [6.07, 6.45) is 0. The first-order valence-electron chi connectivity index (χ1n) is 3.79. The predicted octanol–water partition coefficient (Wildman–Crippen LogP) is 1.86. The number of hydrogen-bond donors (Lipinski definition) is 1. The van der Waals surface area contributed by atoms with E-state index in [9.17, 15) is 0 Å². The second-order valence-electron chi connectivity index (χ2n) is 2.45. The minimum atomic E-state index is 0.189. The largest absolute Gasteiger partial charge is 0.491 e. The predicted molar refractivity (Wildman–Crippen MR) is 45.3 cm³/mol. The third-order valence-electron chi connectivity index (χ3n) is 1.53. The van der Waals surface area contributed by atoms with Crippen LogP contribution >= 0.6 is 0 Å². The molecule has 66 valence electrons. The SMILES string of the molecule is Cc1ccccc1OCCOO. The molecule has 0 spiro atoms. The van der Waals surface area contributed by atoms with Crippen molar-refractivity contribution in [2.24, 2.45) is 0 Å². The fourth-order valence-electron chi connectivity index (χ4n) is 0.907. The molecule has 0 saturated carbocycles. The molecule has 1 aromatic carbocycles. The van der Waals surface area contributed by atoms with E-state index < -0.39 is 0 Å². The number of hydrogen-bond acceptors (Lipinski definition) is 3. The summed E-state index contributed by atoms with van der Waals surface area (Å²) in [5.74, 6) is 0.828. The second kappa shape index (κ2) is 4.74. The van der Waals surface area contributed by atoms with Crippen molar-refractivity contribution in [3.05, 3.63) is 29.8 Å². The van der Waals surface area contributed by atoms with Gasteiger partial charge in [-0.1, -0.05) is 18.2 Å². The van der Waals surface area contributed by atoms with Crippen molar-refractivity contribution in [2.75, 3.05) is 13.2 Å². The number of para-hydroxylation sites is 1. The van der Waals surface area contributed by atoms with E-state index in [4.69, 9.17) is 9.99 Å². The Labute approximate surface area is 71.5 Å². The lowest BCUT2D eigenvalue weighted by atomic mass is 10.2. The van der Waals surface area contributed by atoms with Gasteiger partial charge in [0.1, 0.15) is 19.0 Å². The van der Waals surface area contributed by atoms with Crippen LogP contribution in [-0.4, -0.2) is 18.5 Å². The van der Waals surface area contributed by atoms with E-state index in [2.05, 4.69) is 4.89 Å². The van der Waals surface area contributed by atoms with Crippen molar-refractivity contribution in [3.63, 3.8) is 0 Å². The smallest absolute Gasteiger partial charge is 0.122 e. The molecule has 0 atom stereocenters. The highest BCUT2D eigenvalue weighted by Crippen LogP contribution is 2.15. The molecule has 1 aromatic rings. The Balaban J connectivity index is 2.46. The summed E-state index contributed by atoms with van der Waals surface area (Å²) in [7, 11) is 0. The van der Waals surface area contributed by atoms with Gasteiger partial charge in [0.2, 0.25) is 0 Å². The summed E-state index contributed by atoms with van der Waals surface area (Å²) in [5.41, 5.74) is 1.08. The normalized spacial score (nSPS) is 9.83. The van der Waals surface area contributed by atoms with E-state index in [0.717, 1.165) is 11.3 Å². The molecule has 0 amide bonds. The van der Waals surface area contributed by atoms with Crippen molar-refractivity contribution in [1.82, 2.24) is 0 Å². The molecular formula is C9H12O3. The molecule has 12 heavy (non-hydrogen) atoms. The van der Waals surface area contributed by atoms with Gasteiger partial charge in [-0.3, -0.25) is 5.26 Å². The van der Waals surface area contributed by atoms with Gasteiger partial charge in [-0.25, -0.2) is 4.89 Å². The van der Waals surface area contributed by atoms with Crippen LogP contribution in [0.3, 0.4) is 0 Å². The maximum Gasteiger partial charge on any atom is 0.122 e. The number of ether oxygens (including phenoxy) is 1. The molecule has 0 heterocycles. The lowest BCUT2D eigenvalue weighted by molar-refractivity contribution is -0.245. The van der Waals surface area contributed by atoms with Crippen LogP contribution in [0, 0.1) is 6.92 Å². The molecule has 3 heteroatoms. The zero-order valence-corrected chi connectivity index (χ0v) is 6.99. The summed E-state index contributed by atoms with van der Waals surface area (Å²) >= 11 is 0. The fraction of sp³-hybridized carbons (Fsp3) is 0.333. The van der Waals surface area contributed by atoms with Gasteiger partial charge in [0.15, 0.2) is 0 Å². The van der Waals surface area contributed by atoms with E-state index in [-0.39, 0.29) is 6.61 Å². The highest BCUT2D eigenvalue weighted by atomic mass is 17.1. The molecule has 0 saturated heterocycles. The van der Waals surface area contributed by atoms with Crippen LogP contribution in [0.15, 0.2) is 24.3 Å². The van der Waals surface area contributed by atoms with Crippen LogP contribution in [0.5, 0.6) is 5.75 Å². The van der Waals surface area contributed by atoms with Crippen molar-refractivity contribution in [3.8, 4) is 5.75 Å². The minimum Gasteiger partial charge on any atom is -0.491 e. The summed E-state index contributed by atoms with van der Waals surface area (Å²) in [4.78, 5) is 3.88. The highest BCUT2D eigenvalue weighted by molar-refractivity contribution is 5.31. The Hall–Kier alpha value is -1.06. The average Bonchev–Trinajstić information content (AvgIpc) is 2.09. The van der Waals surface area contributed by atoms with E-state index >= 15 is 0 Å². The second-order valence-corrected chi connectivity index (χ2v) is 2.45. The number of rotatable bonds is 4. The van der Waals surface area contributed by atoms with Gasteiger partial charge in [0, 0.05) is 0 Å². The molecule has 0 aliphatic carbocycles. The third kappa shape index (κ3) is 2.53. The van der Waals surface area contributed by atoms with Crippen LogP contribution in [-0.2, 0) is 4.89 Å². The Morgan fingerprint density at radius 2 is 2.00 bits per heavy atom. The van der Waals surface area contributed by atoms with Crippen molar-refractivity contribution < 1.29 is 14.9 Å². The Kier molecular flexibility index (Phi) is 3.57. The molecule has 1 N–H and O–H groups in total. The Morgan fingerprint density at radius 1 is 1.25 bits per heavy atom. The monoisotopic (exact) mass is 168 g/mol. The van der Waals surface area contributed by atoms with E-state index in [0.29, 0.717) is 6.61 Å². The molecule has 3 nitrogen and oxygen atoms in total. The summed E-state index contributed by atoms with van der Waals surface area (Å²) in [6.45, 7) is 2.52. The molecule has 0 bridgehead atoms. The maximum absolute atomic E-state index is 8.03. The summed E-state index contributed by atoms with van der Waals surface area (Å²) < 4.78 is 5.29. The minimum absolute atomic E-state index is 0.189. The van der Waals surface area contributed by atoms with Gasteiger partial charge in [-0.15, -0.1) is 0 Å². The summed E-state index contributed by atoms with van der Waals surface area (Å²) in [5, 5.41) is 8.03. The third-order valence-corrected chi connectivity index (χ3v) is 1.53. The van der Waals surface area contributed by atoms with E-state index in [1.54, 1.807) is 0 Å². The van der Waals surface area contributed by atoms with E-state index in [1.165, 1.54) is 0 Å². The molecule has 0 unspecified atom stereocenters. The first-order valence-corrected chi connectivity index (χ1v) is 3.79. The first kappa shape index (κ1) is 9.03. The molecule has 0 radical (unpaired) electrons. The Bertz CT molecular complexity index is 235. The highest BCUT2D eigenvalue weighted by Gasteiger charge is 1.95. The van der Waals surface area contributed by atoms with Gasteiger partial charge in [0.25, 0.3) is 0 Å². The van der Waals surface area contributed by atoms with Crippen molar-refractivity contribution in [1.29, 1.82) is 0 Å². The van der Waals surface area contributed by atoms with Crippen LogP contribution in [0.25, 0.3) is 0 Å². The topological polar surface area (TPSA) is 38.7 Å². The number of aryl methyl sites for hydroxylation is 1.